The second-order valence-electron chi connectivity index (χ2n) is 3.13. The van der Waals surface area contributed by atoms with E-state index in [2.05, 4.69) is 0 Å². The maximum absolute atomic E-state index is 10.4. The van der Waals surface area contributed by atoms with Crippen molar-refractivity contribution in [2.24, 2.45) is 17.8 Å². The molecule has 0 saturated heterocycles. The van der Waals surface area contributed by atoms with E-state index in [0.29, 0.717) is 5.92 Å². The van der Waals surface area contributed by atoms with Gasteiger partial charge in [0.2, 0.25) is 0 Å². The number of halogens is 1. The summed E-state index contributed by atoms with van der Waals surface area (Å²) in [6.07, 6.45) is 0. The summed E-state index contributed by atoms with van der Waals surface area (Å²) in [4.78, 5) is 10.4. The minimum atomic E-state index is -0.751. The molecule has 0 aromatic heterocycles. The summed E-state index contributed by atoms with van der Waals surface area (Å²) in [6, 6.07) is 0. The molecule has 0 radical (unpaired) electrons. The van der Waals surface area contributed by atoms with Crippen LogP contribution in [0.4, 0.5) is 0 Å². The highest BCUT2D eigenvalue weighted by atomic mass is 35.5. The molecule has 0 aromatic rings. The van der Waals surface area contributed by atoms with E-state index >= 15 is 0 Å². The van der Waals surface area contributed by atoms with Gasteiger partial charge in [0.1, 0.15) is 0 Å². The highest BCUT2D eigenvalue weighted by molar-refractivity contribution is 6.24. The first-order valence-electron chi connectivity index (χ1n) is 3.42. The maximum atomic E-state index is 10.4. The van der Waals surface area contributed by atoms with Crippen molar-refractivity contribution in [2.45, 2.75) is 19.2 Å². The molecule has 0 bridgehead atoms. The second kappa shape index (κ2) is 2.42. The van der Waals surface area contributed by atoms with Crippen molar-refractivity contribution in [1.82, 2.24) is 0 Å². The average molecular weight is 163 g/mol. The zero-order valence-electron chi connectivity index (χ0n) is 6.04. The Morgan fingerprint density at radius 2 is 2.10 bits per heavy atom. The third-order valence-corrected chi connectivity index (χ3v) is 2.60. The zero-order chi connectivity index (χ0) is 7.89. The van der Waals surface area contributed by atoms with Crippen molar-refractivity contribution in [2.75, 3.05) is 0 Å². The molecule has 1 rings (SSSR count). The van der Waals surface area contributed by atoms with E-state index in [1.54, 1.807) is 0 Å². The van der Waals surface area contributed by atoms with Crippen LogP contribution >= 0.6 is 11.6 Å². The predicted molar refractivity (Wildman–Crippen MR) is 39.1 cm³/mol. The molecule has 0 spiro atoms. The fourth-order valence-electron chi connectivity index (χ4n) is 1.38. The molecule has 1 saturated carbocycles. The number of rotatable bonds is 2. The van der Waals surface area contributed by atoms with Gasteiger partial charge in [-0.05, 0) is 11.8 Å². The number of alkyl halides is 1. The maximum Gasteiger partial charge on any atom is 0.308 e. The van der Waals surface area contributed by atoms with Crippen LogP contribution in [-0.4, -0.2) is 16.5 Å². The van der Waals surface area contributed by atoms with Crippen LogP contribution < -0.4 is 0 Å². The number of carboxylic acids is 1. The van der Waals surface area contributed by atoms with E-state index in [0.717, 1.165) is 0 Å². The molecule has 10 heavy (non-hydrogen) atoms. The van der Waals surface area contributed by atoms with Crippen molar-refractivity contribution in [3.63, 3.8) is 0 Å². The molecule has 1 aliphatic rings. The van der Waals surface area contributed by atoms with Crippen LogP contribution in [0.5, 0.6) is 0 Å². The topological polar surface area (TPSA) is 37.3 Å². The molecule has 1 fully saturated rings. The quantitative estimate of drug-likeness (QED) is 0.626. The minimum absolute atomic E-state index is 0.127. The highest BCUT2D eigenvalue weighted by Gasteiger charge is 2.55. The molecule has 3 unspecified atom stereocenters. The van der Waals surface area contributed by atoms with Crippen molar-refractivity contribution in [1.29, 1.82) is 0 Å². The largest absolute Gasteiger partial charge is 0.481 e. The summed E-state index contributed by atoms with van der Waals surface area (Å²) >= 11 is 5.73. The van der Waals surface area contributed by atoms with Crippen LogP contribution in [0.3, 0.4) is 0 Å². The minimum Gasteiger partial charge on any atom is -0.481 e. The Bertz CT molecular complexity index is 156. The molecule has 58 valence electrons. The van der Waals surface area contributed by atoms with E-state index < -0.39 is 5.97 Å². The number of carboxylic acid groups (broad SMARTS) is 1. The zero-order valence-corrected chi connectivity index (χ0v) is 6.80. The van der Waals surface area contributed by atoms with Crippen LogP contribution in [0.25, 0.3) is 0 Å². The number of aliphatic carboxylic acids is 1. The van der Waals surface area contributed by atoms with E-state index in [9.17, 15) is 4.79 Å². The Kier molecular flexibility index (Phi) is 1.90. The van der Waals surface area contributed by atoms with Gasteiger partial charge >= 0.3 is 5.97 Å². The van der Waals surface area contributed by atoms with Crippen molar-refractivity contribution >= 4 is 17.6 Å². The summed E-state index contributed by atoms with van der Waals surface area (Å²) in [5.74, 6) is -0.455. The van der Waals surface area contributed by atoms with E-state index in [4.69, 9.17) is 16.7 Å². The molecule has 0 amide bonds. The van der Waals surface area contributed by atoms with Crippen LogP contribution in [0.2, 0.25) is 0 Å². The molecule has 0 aromatic carbocycles. The standard InChI is InChI=1S/C7H11ClO2/c1-3(2)4-5(6(4)8)7(9)10/h3-6H,1-2H3,(H,9,10). The fraction of sp³-hybridized carbons (Fsp3) is 0.857. The first kappa shape index (κ1) is 7.86. The Hall–Kier alpha value is -0.240. The second-order valence-corrected chi connectivity index (χ2v) is 3.63. The van der Waals surface area contributed by atoms with Gasteiger partial charge < -0.3 is 5.11 Å². The molecule has 0 heterocycles. The molecule has 3 heteroatoms. The lowest BCUT2D eigenvalue weighted by Gasteiger charge is -1.97. The molecule has 3 atom stereocenters. The number of hydrogen-bond acceptors (Lipinski definition) is 1. The lowest BCUT2D eigenvalue weighted by Crippen LogP contribution is -2.02. The van der Waals surface area contributed by atoms with Gasteiger partial charge in [-0.15, -0.1) is 11.6 Å². The highest BCUT2D eigenvalue weighted by Crippen LogP contribution is 2.48. The third-order valence-electron chi connectivity index (χ3n) is 2.04. The van der Waals surface area contributed by atoms with Crippen LogP contribution in [0, 0.1) is 17.8 Å². The fourth-order valence-corrected chi connectivity index (χ4v) is 2.02. The summed E-state index contributed by atoms with van der Waals surface area (Å²) in [7, 11) is 0. The summed E-state index contributed by atoms with van der Waals surface area (Å²) in [5, 5.41) is 8.43. The smallest absolute Gasteiger partial charge is 0.308 e. The monoisotopic (exact) mass is 162 g/mol. The summed E-state index contributed by atoms with van der Waals surface area (Å²) in [5.41, 5.74) is 0. The summed E-state index contributed by atoms with van der Waals surface area (Å²) < 4.78 is 0. The molecule has 1 N–H and O–H groups in total. The van der Waals surface area contributed by atoms with Gasteiger partial charge in [-0.2, -0.15) is 0 Å². The Labute approximate surface area is 65.2 Å². The normalized spacial score (nSPS) is 38.2. The summed E-state index contributed by atoms with van der Waals surface area (Å²) in [6.45, 7) is 4.01. The van der Waals surface area contributed by atoms with Crippen molar-refractivity contribution < 1.29 is 9.90 Å². The number of carbonyl (C=O) groups is 1. The first-order valence-corrected chi connectivity index (χ1v) is 3.86. The van der Waals surface area contributed by atoms with Gasteiger partial charge in [0, 0.05) is 0 Å². The van der Waals surface area contributed by atoms with E-state index in [-0.39, 0.29) is 17.2 Å². The van der Waals surface area contributed by atoms with E-state index in [1.165, 1.54) is 0 Å². The van der Waals surface area contributed by atoms with Gasteiger partial charge in [0.05, 0.1) is 11.3 Å². The molecule has 1 aliphatic carbocycles. The Balaban J connectivity index is 2.49. The Morgan fingerprint density at radius 1 is 1.60 bits per heavy atom. The molecular formula is C7H11ClO2. The number of hydrogen-bond donors (Lipinski definition) is 1. The predicted octanol–water partition coefficient (Wildman–Crippen LogP) is 1.58. The van der Waals surface area contributed by atoms with Gasteiger partial charge in [-0.1, -0.05) is 13.8 Å². The van der Waals surface area contributed by atoms with Gasteiger partial charge in [-0.25, -0.2) is 0 Å². The van der Waals surface area contributed by atoms with Crippen LogP contribution in [-0.2, 0) is 4.79 Å². The van der Waals surface area contributed by atoms with Gasteiger partial charge in [0.25, 0.3) is 0 Å². The van der Waals surface area contributed by atoms with Crippen LogP contribution in [0.15, 0.2) is 0 Å². The molecule has 0 aliphatic heterocycles. The van der Waals surface area contributed by atoms with E-state index in [1.807, 2.05) is 13.8 Å². The third kappa shape index (κ3) is 1.12. The van der Waals surface area contributed by atoms with Crippen LogP contribution in [0.1, 0.15) is 13.8 Å². The molecule has 2 nitrogen and oxygen atoms in total. The molecular weight excluding hydrogens is 152 g/mol. The first-order chi connectivity index (χ1) is 4.55. The van der Waals surface area contributed by atoms with Gasteiger partial charge in [-0.3, -0.25) is 4.79 Å². The van der Waals surface area contributed by atoms with Crippen molar-refractivity contribution in [3.05, 3.63) is 0 Å². The lowest BCUT2D eigenvalue weighted by atomic mass is 10.1. The average Bonchev–Trinajstić information content (AvgIpc) is 2.40. The van der Waals surface area contributed by atoms with Crippen molar-refractivity contribution in [3.8, 4) is 0 Å². The van der Waals surface area contributed by atoms with Gasteiger partial charge in [0.15, 0.2) is 0 Å². The lowest BCUT2D eigenvalue weighted by molar-refractivity contribution is -0.138. The Morgan fingerprint density at radius 3 is 2.20 bits per heavy atom. The SMILES string of the molecule is CC(C)C1C(Cl)C1C(=O)O.